The summed E-state index contributed by atoms with van der Waals surface area (Å²) in [5, 5.41) is 21.5. The molecule has 3 aliphatic rings. The predicted molar refractivity (Wildman–Crippen MR) is 145 cm³/mol. The largest absolute Gasteiger partial charge is 0.504 e. The van der Waals surface area contributed by atoms with E-state index in [0.717, 1.165) is 11.1 Å². The minimum absolute atomic E-state index is 0.0358. The first-order valence-electron chi connectivity index (χ1n) is 12.5. The number of aromatic hydroxyl groups is 1. The Labute approximate surface area is 229 Å². The van der Waals surface area contributed by atoms with Gasteiger partial charge in [0.2, 0.25) is 11.8 Å². The maximum atomic E-state index is 13.5. The maximum Gasteiger partial charge on any atom is 0.487 e. The van der Waals surface area contributed by atoms with Crippen molar-refractivity contribution in [1.82, 2.24) is 4.90 Å². The van der Waals surface area contributed by atoms with Crippen molar-refractivity contribution in [3.8, 4) is 17.2 Å². The number of ether oxygens (including phenoxy) is 2. The molecular formula is C27H29BINO7. The van der Waals surface area contributed by atoms with Gasteiger partial charge in [-0.15, -0.1) is 0 Å². The van der Waals surface area contributed by atoms with Crippen LogP contribution in [0, 0.1) is 21.3 Å². The van der Waals surface area contributed by atoms with E-state index >= 15 is 0 Å². The third-order valence-electron chi connectivity index (χ3n) is 7.55. The smallest absolute Gasteiger partial charge is 0.487 e. The van der Waals surface area contributed by atoms with Crippen molar-refractivity contribution in [3.05, 3.63) is 62.6 Å². The van der Waals surface area contributed by atoms with Gasteiger partial charge in [-0.3, -0.25) is 14.5 Å². The average molecular weight is 617 g/mol. The number of carbonyl (C=O) groups excluding carboxylic acids is 2. The topological polar surface area (TPSA) is 106 Å². The number of likely N-dealkylation sites (tertiary alicyclic amines) is 1. The van der Waals surface area contributed by atoms with Crippen molar-refractivity contribution < 1.29 is 33.8 Å². The van der Waals surface area contributed by atoms with Gasteiger partial charge in [0, 0.05) is 6.54 Å². The normalized spacial score (nSPS) is 25.3. The van der Waals surface area contributed by atoms with Gasteiger partial charge in [0.05, 0.1) is 28.6 Å². The first kappa shape index (κ1) is 26.1. The van der Waals surface area contributed by atoms with Crippen LogP contribution in [0.1, 0.15) is 37.9 Å². The molecule has 37 heavy (non-hydrogen) atoms. The van der Waals surface area contributed by atoms with Gasteiger partial charge in [-0.05, 0) is 88.6 Å². The van der Waals surface area contributed by atoms with Crippen molar-refractivity contribution in [1.29, 1.82) is 0 Å². The molecule has 4 atom stereocenters. The molecule has 5 rings (SSSR count). The van der Waals surface area contributed by atoms with E-state index in [4.69, 9.17) is 14.1 Å². The number of imide groups is 1. The number of allylic oxidation sites excluding steroid dienone is 1. The number of amides is 2. The summed E-state index contributed by atoms with van der Waals surface area (Å²) >= 11 is 2.02. The highest BCUT2D eigenvalue weighted by atomic mass is 127. The summed E-state index contributed by atoms with van der Waals surface area (Å²) in [7, 11) is 0.224. The number of hydrogen-bond acceptors (Lipinski definition) is 7. The Morgan fingerprint density at radius 1 is 1.16 bits per heavy atom. The van der Waals surface area contributed by atoms with Crippen molar-refractivity contribution in [2.24, 2.45) is 17.8 Å². The molecule has 10 heteroatoms. The highest BCUT2D eigenvalue weighted by Crippen LogP contribution is 2.52. The third-order valence-corrected chi connectivity index (χ3v) is 8.37. The fourth-order valence-electron chi connectivity index (χ4n) is 5.89. The van der Waals surface area contributed by atoms with Crippen molar-refractivity contribution in [2.45, 2.75) is 32.3 Å². The summed E-state index contributed by atoms with van der Waals surface area (Å²) in [5.74, 6) is -0.700. The van der Waals surface area contributed by atoms with Crippen LogP contribution in [0.3, 0.4) is 0 Å². The van der Waals surface area contributed by atoms with Crippen LogP contribution in [0.15, 0.2) is 53.5 Å². The summed E-state index contributed by atoms with van der Waals surface area (Å²) in [6, 6.07) is 12.8. The minimum Gasteiger partial charge on any atom is -0.504 e. The number of fused-ring (bicyclic) bond motifs is 3. The molecule has 0 saturated carbocycles. The van der Waals surface area contributed by atoms with Gasteiger partial charge < -0.3 is 24.3 Å². The molecule has 0 radical (unpaired) electrons. The Kier molecular flexibility index (Phi) is 7.51. The lowest BCUT2D eigenvalue weighted by molar-refractivity contribution is -0.140. The van der Waals surface area contributed by atoms with Crippen LogP contribution in [-0.2, 0) is 14.2 Å². The van der Waals surface area contributed by atoms with Crippen LogP contribution in [0.25, 0.3) is 0 Å². The van der Waals surface area contributed by atoms with Crippen LogP contribution < -0.4 is 9.47 Å². The van der Waals surface area contributed by atoms with Crippen molar-refractivity contribution >= 4 is 41.5 Å². The molecule has 2 fully saturated rings. The molecule has 8 nitrogen and oxygen atoms in total. The lowest BCUT2D eigenvalue weighted by Gasteiger charge is -2.42. The average Bonchev–Trinajstić information content (AvgIpc) is 3.14. The SMILES string of the molecule is CCCN1C(=O)[C@H]2[C@H](CC(COc3ccccc3)=C3B(O)O[C@H](c4cc(I)c(O)c(OC)c4)C[C@H]32)C1=O. The summed E-state index contributed by atoms with van der Waals surface area (Å²) in [6.45, 7) is 2.53. The van der Waals surface area contributed by atoms with Crippen LogP contribution in [0.4, 0.5) is 0 Å². The van der Waals surface area contributed by atoms with Crippen LogP contribution >= 0.6 is 22.6 Å². The van der Waals surface area contributed by atoms with E-state index < -0.39 is 25.1 Å². The number of methoxy groups -OCH3 is 1. The van der Waals surface area contributed by atoms with E-state index in [1.54, 1.807) is 12.1 Å². The molecule has 1 aliphatic carbocycles. The molecule has 2 aromatic rings. The quantitative estimate of drug-likeness (QED) is 0.276. The predicted octanol–water partition coefficient (Wildman–Crippen LogP) is 3.89. The first-order chi connectivity index (χ1) is 17.8. The minimum atomic E-state index is -1.25. The Bertz CT molecular complexity index is 1240. The number of nitrogens with zero attached hydrogens (tertiary/aromatic N) is 1. The summed E-state index contributed by atoms with van der Waals surface area (Å²) in [4.78, 5) is 28.2. The number of para-hydroxylation sites is 1. The second-order valence-electron chi connectivity index (χ2n) is 9.70. The Balaban J connectivity index is 1.52. The zero-order valence-electron chi connectivity index (χ0n) is 20.7. The van der Waals surface area contributed by atoms with E-state index in [0.29, 0.717) is 46.3 Å². The second-order valence-corrected chi connectivity index (χ2v) is 10.9. The molecular weight excluding hydrogens is 588 g/mol. The highest BCUT2D eigenvalue weighted by Gasteiger charge is 2.57. The highest BCUT2D eigenvalue weighted by molar-refractivity contribution is 14.1. The monoisotopic (exact) mass is 617 g/mol. The van der Waals surface area contributed by atoms with Crippen LogP contribution in [0.2, 0.25) is 0 Å². The standard InChI is InChI=1S/C27H29BINO7/c1-3-9-30-26(32)19-10-16(14-36-17-7-5-4-6-8-17)24-18(23(19)27(30)33)13-21(37-28(24)34)15-11-20(29)25(31)22(12-15)35-2/h4-8,11-12,18-19,21,23,31,34H,3,9-10,13-14H2,1-2H3/t18-,19-,21-,23+/m0/s1. The molecule has 0 spiro atoms. The van der Waals surface area contributed by atoms with E-state index in [-0.39, 0.29) is 30.1 Å². The van der Waals surface area contributed by atoms with Gasteiger partial charge in [-0.2, -0.15) is 0 Å². The Morgan fingerprint density at radius 3 is 2.62 bits per heavy atom. The molecule has 0 unspecified atom stereocenters. The number of carbonyl (C=O) groups is 2. The van der Waals surface area contributed by atoms with Gasteiger partial charge in [0.1, 0.15) is 12.4 Å². The molecule has 2 heterocycles. The van der Waals surface area contributed by atoms with E-state index in [2.05, 4.69) is 0 Å². The number of rotatable bonds is 7. The Morgan fingerprint density at radius 2 is 1.92 bits per heavy atom. The number of phenols is 1. The fraction of sp³-hybridized carbons (Fsp3) is 0.407. The number of hydrogen-bond donors (Lipinski definition) is 2. The molecule has 194 valence electrons. The van der Waals surface area contributed by atoms with Gasteiger partial charge in [-0.1, -0.05) is 25.1 Å². The first-order valence-corrected chi connectivity index (χ1v) is 13.6. The zero-order valence-corrected chi connectivity index (χ0v) is 22.9. The van der Waals surface area contributed by atoms with Crippen LogP contribution in [-0.4, -0.2) is 54.2 Å². The molecule has 2 N–H and O–H groups in total. The molecule has 2 saturated heterocycles. The number of benzene rings is 2. The molecule has 0 aromatic heterocycles. The van der Waals surface area contributed by atoms with Crippen molar-refractivity contribution in [3.63, 3.8) is 0 Å². The zero-order chi connectivity index (χ0) is 26.3. The molecule has 2 amide bonds. The maximum absolute atomic E-state index is 13.5. The second kappa shape index (κ2) is 10.7. The molecule has 2 aliphatic heterocycles. The van der Waals surface area contributed by atoms with Gasteiger partial charge >= 0.3 is 7.12 Å². The summed E-state index contributed by atoms with van der Waals surface area (Å²) in [6.07, 6.45) is 0.895. The van der Waals surface area contributed by atoms with E-state index in [9.17, 15) is 19.7 Å². The van der Waals surface area contributed by atoms with Crippen LogP contribution in [0.5, 0.6) is 17.2 Å². The lowest BCUT2D eigenvalue weighted by atomic mass is 9.55. The van der Waals surface area contributed by atoms with Gasteiger partial charge in [0.25, 0.3) is 0 Å². The fourth-order valence-corrected chi connectivity index (χ4v) is 6.52. The van der Waals surface area contributed by atoms with Gasteiger partial charge in [-0.25, -0.2) is 0 Å². The third kappa shape index (κ3) is 4.75. The molecule has 2 aromatic carbocycles. The summed E-state index contributed by atoms with van der Waals surface area (Å²) in [5.41, 5.74) is 2.18. The number of phenolic OH excluding ortho intramolecular Hbond substituents is 1. The van der Waals surface area contributed by atoms with Gasteiger partial charge in [0.15, 0.2) is 11.5 Å². The lowest BCUT2D eigenvalue weighted by Crippen LogP contribution is -2.45. The Hall–Kier alpha value is -2.57. The molecule has 0 bridgehead atoms. The van der Waals surface area contributed by atoms with Crippen molar-refractivity contribution in [2.75, 3.05) is 20.3 Å². The van der Waals surface area contributed by atoms with E-state index in [1.807, 2.05) is 59.8 Å². The van der Waals surface area contributed by atoms with E-state index in [1.165, 1.54) is 12.0 Å². The summed E-state index contributed by atoms with van der Waals surface area (Å²) < 4.78 is 18.0. The number of halogens is 1.